The molecule has 2 heterocycles. The van der Waals surface area contributed by atoms with Crippen LogP contribution < -0.4 is 16.4 Å². The Hall–Kier alpha value is -2.79. The zero-order valence-corrected chi connectivity index (χ0v) is 18.6. The van der Waals surface area contributed by atoms with Crippen LogP contribution in [-0.4, -0.2) is 42.3 Å². The largest absolute Gasteiger partial charge is 0.439 e. The van der Waals surface area contributed by atoms with E-state index >= 15 is 0 Å². The van der Waals surface area contributed by atoms with Crippen molar-refractivity contribution in [2.24, 2.45) is 5.92 Å². The van der Waals surface area contributed by atoms with Gasteiger partial charge in [0.05, 0.1) is 17.7 Å². The van der Waals surface area contributed by atoms with Gasteiger partial charge in [0.2, 0.25) is 0 Å². The van der Waals surface area contributed by atoms with E-state index in [2.05, 4.69) is 25.3 Å². The van der Waals surface area contributed by atoms with Crippen molar-refractivity contribution >= 4 is 29.9 Å². The predicted molar refractivity (Wildman–Crippen MR) is 119 cm³/mol. The third-order valence-electron chi connectivity index (χ3n) is 5.08. The number of benzene rings is 2. The lowest BCUT2D eigenvalue weighted by Gasteiger charge is -2.25. The van der Waals surface area contributed by atoms with E-state index in [0.29, 0.717) is 25.3 Å². The van der Waals surface area contributed by atoms with Crippen LogP contribution in [0.4, 0.5) is 8.78 Å². The summed E-state index contributed by atoms with van der Waals surface area (Å²) in [6, 6.07) is 8.06. The molecule has 3 N–H and O–H groups in total. The highest BCUT2D eigenvalue weighted by molar-refractivity contribution is 6.30. The molecule has 8 nitrogen and oxygen atoms in total. The Morgan fingerprint density at radius 3 is 2.79 bits per heavy atom. The summed E-state index contributed by atoms with van der Waals surface area (Å²) in [5.74, 6) is -2.75. The van der Waals surface area contributed by atoms with Crippen LogP contribution in [0.15, 0.2) is 45.7 Å². The predicted octanol–water partition coefficient (Wildman–Crippen LogP) is 3.09. The van der Waals surface area contributed by atoms with Gasteiger partial charge in [-0.2, -0.15) is 0 Å². The van der Waals surface area contributed by atoms with Crippen molar-refractivity contribution in [1.82, 2.24) is 20.8 Å². The van der Waals surface area contributed by atoms with Gasteiger partial charge in [0.15, 0.2) is 5.82 Å². The van der Waals surface area contributed by atoms with Gasteiger partial charge < -0.3 is 15.4 Å². The lowest BCUT2D eigenvalue weighted by atomic mass is 9.95. The zero-order valence-electron chi connectivity index (χ0n) is 17.1. The fourth-order valence-corrected chi connectivity index (χ4v) is 3.68. The van der Waals surface area contributed by atoms with Crippen molar-refractivity contribution in [3.05, 3.63) is 74.7 Å². The summed E-state index contributed by atoms with van der Waals surface area (Å²) in [5.41, 5.74) is 0.841. The van der Waals surface area contributed by atoms with Crippen molar-refractivity contribution < 1.29 is 22.8 Å². The molecule has 1 saturated heterocycles. The number of H-pyrrole nitrogens is 1. The SMILES string of the molecule is Cl.O=C(NC[C@@H]1CNCCO[C@H]1c1ccc(Cl)c(F)c1)c1cc(F)cc(-c2noc(=O)[nH]2)c1. The minimum Gasteiger partial charge on any atom is -0.372 e. The Morgan fingerprint density at radius 2 is 2.06 bits per heavy atom. The fourth-order valence-electron chi connectivity index (χ4n) is 3.56. The molecule has 176 valence electrons. The molecule has 1 fully saturated rings. The van der Waals surface area contributed by atoms with Gasteiger partial charge in [-0.25, -0.2) is 13.6 Å². The van der Waals surface area contributed by atoms with Crippen molar-refractivity contribution in [2.75, 3.05) is 26.2 Å². The number of hydrogen-bond donors (Lipinski definition) is 3. The smallest absolute Gasteiger partial charge is 0.372 e. The average Bonchev–Trinajstić information content (AvgIpc) is 3.07. The fraction of sp³-hybridized carbons (Fsp3) is 0.286. The highest BCUT2D eigenvalue weighted by Crippen LogP contribution is 2.29. The number of aromatic nitrogens is 2. The number of nitrogens with one attached hydrogen (secondary N) is 3. The monoisotopic (exact) mass is 500 g/mol. The summed E-state index contributed by atoms with van der Waals surface area (Å²) in [7, 11) is 0. The topological polar surface area (TPSA) is 109 Å². The van der Waals surface area contributed by atoms with Crippen LogP contribution in [0.2, 0.25) is 5.02 Å². The highest BCUT2D eigenvalue weighted by Gasteiger charge is 2.27. The van der Waals surface area contributed by atoms with Gasteiger partial charge in [-0.15, -0.1) is 12.4 Å². The second-order valence-electron chi connectivity index (χ2n) is 7.31. The number of hydrogen-bond acceptors (Lipinski definition) is 6. The third kappa shape index (κ3) is 5.97. The van der Waals surface area contributed by atoms with Gasteiger partial charge in [0.25, 0.3) is 5.91 Å². The molecule has 1 aliphatic rings. The first-order valence-corrected chi connectivity index (χ1v) is 10.2. The quantitative estimate of drug-likeness (QED) is 0.496. The number of aromatic amines is 1. The van der Waals surface area contributed by atoms with E-state index in [1.54, 1.807) is 6.07 Å². The molecule has 0 bridgehead atoms. The van der Waals surface area contributed by atoms with Crippen molar-refractivity contribution in [2.45, 2.75) is 6.10 Å². The van der Waals surface area contributed by atoms with E-state index in [1.807, 2.05) is 0 Å². The summed E-state index contributed by atoms with van der Waals surface area (Å²) in [4.78, 5) is 26.2. The minimum absolute atomic E-state index is 0. The van der Waals surface area contributed by atoms with Gasteiger partial charge in [-0.1, -0.05) is 22.8 Å². The van der Waals surface area contributed by atoms with Crippen LogP contribution in [0.3, 0.4) is 0 Å². The minimum atomic E-state index is -0.791. The number of carbonyl (C=O) groups is 1. The molecule has 2 aromatic carbocycles. The van der Waals surface area contributed by atoms with E-state index in [0.717, 1.165) is 12.1 Å². The first-order valence-electron chi connectivity index (χ1n) is 9.83. The summed E-state index contributed by atoms with van der Waals surface area (Å²) < 4.78 is 38.4. The standard InChI is InChI=1S/C21H19ClF2N4O4.ClH/c22-16-2-1-11(8-17(16)24)18-14(9-25-3-4-31-18)10-26-20(29)13-5-12(6-15(23)7-13)19-27-21(30)32-28-19;/h1-2,5-8,14,18,25H,3-4,9-10H2,(H,26,29)(H,27,28,30);1H/t14-,18-;/m0./s1. The molecule has 0 unspecified atom stereocenters. The first-order chi connectivity index (χ1) is 15.4. The zero-order chi connectivity index (χ0) is 22.7. The maximum atomic E-state index is 14.1. The molecule has 0 saturated carbocycles. The Balaban J connectivity index is 0.00000306. The molecule has 3 aromatic rings. The summed E-state index contributed by atoms with van der Waals surface area (Å²) in [5, 5.41) is 9.51. The van der Waals surface area contributed by atoms with E-state index in [4.69, 9.17) is 16.3 Å². The first kappa shape index (κ1) is 24.8. The maximum absolute atomic E-state index is 14.1. The molecule has 0 aliphatic carbocycles. The lowest BCUT2D eigenvalue weighted by Crippen LogP contribution is -2.36. The highest BCUT2D eigenvalue weighted by atomic mass is 35.5. The van der Waals surface area contributed by atoms with Gasteiger partial charge in [-0.05, 0) is 35.9 Å². The Labute approximate surface area is 198 Å². The molecule has 33 heavy (non-hydrogen) atoms. The summed E-state index contributed by atoms with van der Waals surface area (Å²) in [6.45, 7) is 1.74. The van der Waals surface area contributed by atoms with Crippen LogP contribution in [0, 0.1) is 17.6 Å². The van der Waals surface area contributed by atoms with Gasteiger partial charge in [-0.3, -0.25) is 14.3 Å². The molecule has 4 rings (SSSR count). The van der Waals surface area contributed by atoms with Crippen LogP contribution in [0.25, 0.3) is 11.4 Å². The molecular weight excluding hydrogens is 481 g/mol. The molecule has 1 aromatic heterocycles. The number of amides is 1. The van der Waals surface area contributed by atoms with Crippen LogP contribution in [0.5, 0.6) is 0 Å². The Kier molecular flexibility index (Phi) is 8.20. The Bertz CT molecular complexity index is 1190. The maximum Gasteiger partial charge on any atom is 0.439 e. The molecule has 1 aliphatic heterocycles. The molecular formula is C21H20Cl2F2N4O4. The van der Waals surface area contributed by atoms with E-state index in [9.17, 15) is 18.4 Å². The van der Waals surface area contributed by atoms with E-state index in [-0.39, 0.29) is 46.8 Å². The van der Waals surface area contributed by atoms with Crippen LogP contribution >= 0.6 is 24.0 Å². The number of carbonyl (C=O) groups excluding carboxylic acids is 1. The van der Waals surface area contributed by atoms with Crippen molar-refractivity contribution in [3.8, 4) is 11.4 Å². The van der Waals surface area contributed by atoms with E-state index in [1.165, 1.54) is 18.2 Å². The van der Waals surface area contributed by atoms with Gasteiger partial charge >= 0.3 is 5.76 Å². The van der Waals surface area contributed by atoms with Gasteiger partial charge in [0, 0.05) is 36.7 Å². The number of rotatable bonds is 5. The normalized spacial score (nSPS) is 18.3. The second-order valence-corrected chi connectivity index (χ2v) is 7.72. The van der Waals surface area contributed by atoms with Crippen LogP contribution in [0.1, 0.15) is 22.0 Å². The summed E-state index contributed by atoms with van der Waals surface area (Å²) >= 11 is 5.78. The molecule has 0 spiro atoms. The van der Waals surface area contributed by atoms with Gasteiger partial charge in [0.1, 0.15) is 11.6 Å². The van der Waals surface area contributed by atoms with E-state index < -0.39 is 29.4 Å². The second kappa shape index (κ2) is 10.9. The average molecular weight is 501 g/mol. The number of halogens is 4. The lowest BCUT2D eigenvalue weighted by molar-refractivity contribution is 0.0304. The van der Waals surface area contributed by atoms with Crippen LogP contribution in [-0.2, 0) is 4.74 Å². The molecule has 1 amide bonds. The summed E-state index contributed by atoms with van der Waals surface area (Å²) in [6.07, 6.45) is -0.472. The third-order valence-corrected chi connectivity index (χ3v) is 5.39. The van der Waals surface area contributed by atoms with Crippen molar-refractivity contribution in [1.29, 1.82) is 0 Å². The Morgan fingerprint density at radius 1 is 1.24 bits per heavy atom. The number of nitrogens with zero attached hydrogens (tertiary/aromatic N) is 1. The molecule has 12 heteroatoms. The van der Waals surface area contributed by atoms with Crippen molar-refractivity contribution in [3.63, 3.8) is 0 Å². The molecule has 2 atom stereocenters. The molecule has 0 radical (unpaired) electrons. The number of ether oxygens (including phenoxy) is 1.